The SMILES string of the molecule is CN=C(NCCc1ccc(OC(F)(F)F)cc1)NCCc1ccc(Cl)nc1. The third-order valence-electron chi connectivity index (χ3n) is 3.58. The highest BCUT2D eigenvalue weighted by atomic mass is 35.5. The van der Waals surface area contributed by atoms with Crippen LogP contribution in [0.3, 0.4) is 0 Å². The summed E-state index contributed by atoms with van der Waals surface area (Å²) in [5.74, 6) is 0.419. The van der Waals surface area contributed by atoms with Crippen LogP contribution >= 0.6 is 11.6 Å². The maximum Gasteiger partial charge on any atom is 0.573 e. The Morgan fingerprint density at radius 3 is 2.15 bits per heavy atom. The number of rotatable bonds is 7. The molecule has 1 aromatic carbocycles. The van der Waals surface area contributed by atoms with E-state index in [1.54, 1.807) is 31.4 Å². The molecule has 0 unspecified atom stereocenters. The van der Waals surface area contributed by atoms with Crippen molar-refractivity contribution in [2.24, 2.45) is 4.99 Å². The number of hydrogen-bond acceptors (Lipinski definition) is 3. The summed E-state index contributed by atoms with van der Waals surface area (Å²) < 4.78 is 40.3. The van der Waals surface area contributed by atoms with Gasteiger partial charge in [-0.3, -0.25) is 4.99 Å². The zero-order valence-corrected chi connectivity index (χ0v) is 15.4. The van der Waals surface area contributed by atoms with Crippen molar-refractivity contribution in [3.63, 3.8) is 0 Å². The van der Waals surface area contributed by atoms with Crippen LogP contribution in [0.2, 0.25) is 5.15 Å². The Morgan fingerprint density at radius 2 is 1.63 bits per heavy atom. The fraction of sp³-hybridized carbons (Fsp3) is 0.333. The molecule has 146 valence electrons. The maximum atomic E-state index is 12.1. The number of nitrogens with zero attached hydrogens (tertiary/aromatic N) is 2. The summed E-state index contributed by atoms with van der Waals surface area (Å²) in [4.78, 5) is 8.16. The largest absolute Gasteiger partial charge is 0.573 e. The quantitative estimate of drug-likeness (QED) is 0.423. The molecule has 0 saturated heterocycles. The fourth-order valence-corrected chi connectivity index (χ4v) is 2.40. The molecule has 0 fully saturated rings. The molecule has 5 nitrogen and oxygen atoms in total. The van der Waals surface area contributed by atoms with E-state index in [0.29, 0.717) is 30.6 Å². The van der Waals surface area contributed by atoms with Crippen LogP contribution in [-0.4, -0.2) is 37.4 Å². The molecule has 2 aromatic rings. The van der Waals surface area contributed by atoms with Gasteiger partial charge in [0, 0.05) is 26.3 Å². The summed E-state index contributed by atoms with van der Waals surface area (Å²) in [7, 11) is 1.67. The van der Waals surface area contributed by atoms with Gasteiger partial charge in [0.25, 0.3) is 0 Å². The number of hydrogen-bond donors (Lipinski definition) is 2. The van der Waals surface area contributed by atoms with Gasteiger partial charge in [0.05, 0.1) is 0 Å². The minimum Gasteiger partial charge on any atom is -0.406 e. The van der Waals surface area contributed by atoms with Crippen LogP contribution in [0.5, 0.6) is 5.75 Å². The van der Waals surface area contributed by atoms with Crippen LogP contribution in [-0.2, 0) is 12.8 Å². The van der Waals surface area contributed by atoms with Gasteiger partial charge < -0.3 is 15.4 Å². The lowest BCUT2D eigenvalue weighted by Crippen LogP contribution is -2.39. The number of guanidine groups is 1. The summed E-state index contributed by atoms with van der Waals surface area (Å²) in [5.41, 5.74) is 1.95. The zero-order chi connectivity index (χ0) is 19.7. The Bertz CT molecular complexity index is 734. The van der Waals surface area contributed by atoms with Gasteiger partial charge in [0.1, 0.15) is 10.9 Å². The molecule has 0 bridgehead atoms. The highest BCUT2D eigenvalue weighted by Crippen LogP contribution is 2.22. The second-order valence-corrected chi connectivity index (χ2v) is 5.99. The number of halogens is 4. The molecule has 27 heavy (non-hydrogen) atoms. The summed E-state index contributed by atoms with van der Waals surface area (Å²) in [5, 5.41) is 6.80. The molecule has 1 aromatic heterocycles. The van der Waals surface area contributed by atoms with Crippen molar-refractivity contribution >= 4 is 17.6 Å². The van der Waals surface area contributed by atoms with Gasteiger partial charge in [-0.1, -0.05) is 29.8 Å². The van der Waals surface area contributed by atoms with Crippen LogP contribution in [0.25, 0.3) is 0 Å². The van der Waals surface area contributed by atoms with E-state index in [4.69, 9.17) is 11.6 Å². The lowest BCUT2D eigenvalue weighted by atomic mass is 10.1. The van der Waals surface area contributed by atoms with Gasteiger partial charge in [-0.2, -0.15) is 0 Å². The molecule has 0 aliphatic rings. The topological polar surface area (TPSA) is 58.5 Å². The van der Waals surface area contributed by atoms with E-state index in [9.17, 15) is 13.2 Å². The van der Waals surface area contributed by atoms with E-state index in [2.05, 4.69) is 25.3 Å². The number of benzene rings is 1. The molecule has 0 saturated carbocycles. The molecule has 1 heterocycles. The van der Waals surface area contributed by atoms with Crippen molar-refractivity contribution in [1.82, 2.24) is 15.6 Å². The van der Waals surface area contributed by atoms with Crippen LogP contribution in [0, 0.1) is 0 Å². The van der Waals surface area contributed by atoms with E-state index in [1.807, 2.05) is 6.07 Å². The molecule has 0 amide bonds. The van der Waals surface area contributed by atoms with Crippen LogP contribution in [0.4, 0.5) is 13.2 Å². The van der Waals surface area contributed by atoms with Gasteiger partial charge >= 0.3 is 6.36 Å². The van der Waals surface area contributed by atoms with Gasteiger partial charge in [-0.15, -0.1) is 13.2 Å². The monoisotopic (exact) mass is 400 g/mol. The third-order valence-corrected chi connectivity index (χ3v) is 3.80. The van der Waals surface area contributed by atoms with Gasteiger partial charge in [-0.05, 0) is 42.2 Å². The molecule has 0 radical (unpaired) electrons. The Morgan fingerprint density at radius 1 is 1.04 bits per heavy atom. The van der Waals surface area contributed by atoms with E-state index in [0.717, 1.165) is 17.5 Å². The van der Waals surface area contributed by atoms with Crippen molar-refractivity contribution in [2.75, 3.05) is 20.1 Å². The minimum atomic E-state index is -4.68. The number of ether oxygens (including phenoxy) is 1. The number of alkyl halides is 3. The summed E-state index contributed by atoms with van der Waals surface area (Å²) in [6.07, 6.45) is -1.55. The second kappa shape index (κ2) is 10.0. The minimum absolute atomic E-state index is 0.228. The Hall–Kier alpha value is -2.48. The second-order valence-electron chi connectivity index (χ2n) is 5.61. The lowest BCUT2D eigenvalue weighted by Gasteiger charge is -2.12. The fourth-order valence-electron chi connectivity index (χ4n) is 2.28. The number of pyridine rings is 1. The number of aromatic nitrogens is 1. The number of nitrogens with one attached hydrogen (secondary N) is 2. The van der Waals surface area contributed by atoms with Crippen molar-refractivity contribution in [3.8, 4) is 5.75 Å². The molecular weight excluding hydrogens is 381 g/mol. The van der Waals surface area contributed by atoms with Crippen LogP contribution in [0.1, 0.15) is 11.1 Å². The number of aliphatic imine (C=N–C) groups is 1. The van der Waals surface area contributed by atoms with Gasteiger partial charge in [-0.25, -0.2) is 4.98 Å². The van der Waals surface area contributed by atoms with Crippen molar-refractivity contribution in [3.05, 3.63) is 58.9 Å². The predicted octanol–water partition coefficient (Wildman–Crippen LogP) is 3.58. The van der Waals surface area contributed by atoms with Crippen molar-refractivity contribution in [1.29, 1.82) is 0 Å². The zero-order valence-electron chi connectivity index (χ0n) is 14.7. The maximum absolute atomic E-state index is 12.1. The Balaban J connectivity index is 1.70. The lowest BCUT2D eigenvalue weighted by molar-refractivity contribution is -0.274. The van der Waals surface area contributed by atoms with Crippen LogP contribution in [0.15, 0.2) is 47.6 Å². The standard InChI is InChI=1S/C18H20ClF3N4O/c1-23-17(25-11-9-14-4-7-16(19)26-12-14)24-10-8-13-2-5-15(6-3-13)27-18(20,21)22/h2-7,12H,8-11H2,1H3,(H2,23,24,25). The molecule has 2 rings (SSSR count). The molecule has 9 heteroatoms. The Kier molecular flexibility index (Phi) is 7.72. The summed E-state index contributed by atoms with van der Waals surface area (Å²) in [6, 6.07) is 9.47. The molecule has 2 N–H and O–H groups in total. The van der Waals surface area contributed by atoms with Gasteiger partial charge in [0.2, 0.25) is 0 Å². The average molecular weight is 401 g/mol. The Labute approximate surface area is 160 Å². The van der Waals surface area contributed by atoms with Crippen molar-refractivity contribution < 1.29 is 17.9 Å². The van der Waals surface area contributed by atoms with E-state index >= 15 is 0 Å². The highest BCUT2D eigenvalue weighted by molar-refractivity contribution is 6.29. The predicted molar refractivity (Wildman–Crippen MR) is 99.1 cm³/mol. The van der Waals surface area contributed by atoms with Crippen LogP contribution < -0.4 is 15.4 Å². The first-order chi connectivity index (χ1) is 12.9. The molecule has 0 aliphatic heterocycles. The van der Waals surface area contributed by atoms with Gasteiger partial charge in [0.15, 0.2) is 5.96 Å². The molecule has 0 aliphatic carbocycles. The molecule has 0 atom stereocenters. The van der Waals surface area contributed by atoms with Crippen molar-refractivity contribution in [2.45, 2.75) is 19.2 Å². The highest BCUT2D eigenvalue weighted by Gasteiger charge is 2.30. The average Bonchev–Trinajstić information content (AvgIpc) is 2.62. The first-order valence-corrected chi connectivity index (χ1v) is 8.63. The first-order valence-electron chi connectivity index (χ1n) is 8.25. The van der Waals surface area contributed by atoms with E-state index in [-0.39, 0.29) is 5.75 Å². The molecular formula is C18H20ClF3N4O. The summed E-state index contributed by atoms with van der Waals surface area (Å²) in [6.45, 7) is 1.26. The first kappa shape index (κ1) is 20.8. The van der Waals surface area contributed by atoms with E-state index < -0.39 is 6.36 Å². The third kappa shape index (κ3) is 8.17. The molecule has 0 spiro atoms. The van der Waals surface area contributed by atoms with E-state index in [1.165, 1.54) is 12.1 Å². The summed E-state index contributed by atoms with van der Waals surface area (Å²) >= 11 is 5.75. The normalized spacial score (nSPS) is 12.0. The smallest absolute Gasteiger partial charge is 0.406 e.